The first-order chi connectivity index (χ1) is 8.63. The molecule has 2 rings (SSSR count). The summed E-state index contributed by atoms with van der Waals surface area (Å²) >= 11 is 0. The summed E-state index contributed by atoms with van der Waals surface area (Å²) in [5.74, 6) is 0.732. The van der Waals surface area contributed by atoms with E-state index in [-0.39, 0.29) is 11.9 Å². The first kappa shape index (κ1) is 12.7. The molecule has 1 saturated heterocycles. The summed E-state index contributed by atoms with van der Waals surface area (Å²) in [5.41, 5.74) is 7.81. The maximum Gasteiger partial charge on any atom is 0.308 e. The molecule has 0 aliphatic carbocycles. The zero-order valence-corrected chi connectivity index (χ0v) is 10.8. The molecule has 18 heavy (non-hydrogen) atoms. The number of ether oxygens (including phenoxy) is 1. The van der Waals surface area contributed by atoms with Gasteiger partial charge in [0, 0.05) is 19.3 Å². The van der Waals surface area contributed by atoms with Crippen LogP contribution in [0.2, 0.25) is 0 Å². The van der Waals surface area contributed by atoms with Gasteiger partial charge in [0.25, 0.3) is 0 Å². The first-order valence-corrected chi connectivity index (χ1v) is 6.17. The van der Waals surface area contributed by atoms with E-state index in [1.807, 2.05) is 13.0 Å². The number of carbonyl (C=O) groups is 1. The van der Waals surface area contributed by atoms with Gasteiger partial charge in [-0.2, -0.15) is 0 Å². The Morgan fingerprint density at radius 3 is 2.78 bits per heavy atom. The highest BCUT2D eigenvalue weighted by atomic mass is 16.5. The normalized spacial score (nSPS) is 16.7. The summed E-state index contributed by atoms with van der Waals surface area (Å²) in [5, 5.41) is 0. The minimum atomic E-state index is -0.111. The van der Waals surface area contributed by atoms with Gasteiger partial charge in [0.2, 0.25) is 0 Å². The van der Waals surface area contributed by atoms with Crippen LogP contribution < -0.4 is 10.6 Å². The number of carbonyl (C=O) groups excluding carboxylic acids is 1. The fraction of sp³-hybridized carbons (Fsp3) is 0.538. The number of nitrogens with two attached hydrogens (primary N) is 1. The number of anilines is 2. The average molecular weight is 249 g/mol. The minimum Gasteiger partial charge on any atom is -0.469 e. The largest absolute Gasteiger partial charge is 0.469 e. The van der Waals surface area contributed by atoms with Crippen molar-refractivity contribution in [1.82, 2.24) is 4.98 Å². The van der Waals surface area contributed by atoms with Crippen LogP contribution in [0.15, 0.2) is 12.3 Å². The molecule has 2 N–H and O–H groups in total. The van der Waals surface area contributed by atoms with E-state index in [4.69, 9.17) is 10.5 Å². The highest BCUT2D eigenvalue weighted by molar-refractivity contribution is 5.73. The number of hydrogen-bond donors (Lipinski definition) is 1. The Hall–Kier alpha value is -1.78. The van der Waals surface area contributed by atoms with Crippen molar-refractivity contribution >= 4 is 17.5 Å². The van der Waals surface area contributed by atoms with Gasteiger partial charge in [0.15, 0.2) is 5.82 Å². The van der Waals surface area contributed by atoms with Crippen molar-refractivity contribution < 1.29 is 9.53 Å². The second-order valence-corrected chi connectivity index (χ2v) is 4.65. The van der Waals surface area contributed by atoms with Gasteiger partial charge >= 0.3 is 5.97 Å². The van der Waals surface area contributed by atoms with Gasteiger partial charge in [-0.3, -0.25) is 4.79 Å². The van der Waals surface area contributed by atoms with Gasteiger partial charge in [-0.15, -0.1) is 0 Å². The predicted molar refractivity (Wildman–Crippen MR) is 70.3 cm³/mol. The number of esters is 1. The maximum atomic E-state index is 11.5. The number of methoxy groups -OCH3 is 1. The van der Waals surface area contributed by atoms with E-state index in [2.05, 4.69) is 9.88 Å². The molecule has 5 heteroatoms. The topological polar surface area (TPSA) is 68.5 Å². The molecule has 0 aromatic carbocycles. The number of aryl methyl sites for hydroxylation is 1. The van der Waals surface area contributed by atoms with Crippen LogP contribution in [0.1, 0.15) is 18.4 Å². The highest BCUT2D eigenvalue weighted by Gasteiger charge is 2.26. The van der Waals surface area contributed by atoms with Crippen LogP contribution >= 0.6 is 0 Å². The molecule has 0 atom stereocenters. The molecule has 5 nitrogen and oxygen atoms in total. The van der Waals surface area contributed by atoms with Crippen molar-refractivity contribution in [2.75, 3.05) is 30.8 Å². The van der Waals surface area contributed by atoms with E-state index < -0.39 is 0 Å². The van der Waals surface area contributed by atoms with Crippen molar-refractivity contribution in [3.63, 3.8) is 0 Å². The standard InChI is InChI=1S/C13H19N3O2/c1-9-3-6-15-12(11(9)14)16-7-4-10(5-8-16)13(17)18-2/h3,6,10H,4-5,7-8,14H2,1-2H3. The average Bonchev–Trinajstić information content (AvgIpc) is 2.41. The lowest BCUT2D eigenvalue weighted by atomic mass is 9.97. The summed E-state index contributed by atoms with van der Waals surface area (Å²) in [4.78, 5) is 17.9. The molecular formula is C13H19N3O2. The fourth-order valence-electron chi connectivity index (χ4n) is 2.30. The summed E-state index contributed by atoms with van der Waals surface area (Å²) in [6, 6.07) is 1.90. The number of piperidine rings is 1. The lowest BCUT2D eigenvalue weighted by molar-refractivity contribution is -0.146. The molecule has 1 aromatic heterocycles. The highest BCUT2D eigenvalue weighted by Crippen LogP contribution is 2.28. The number of pyridine rings is 1. The molecule has 1 aliphatic heterocycles. The third-order valence-electron chi connectivity index (χ3n) is 3.52. The van der Waals surface area contributed by atoms with E-state index in [1.165, 1.54) is 7.11 Å². The number of rotatable bonds is 2. The summed E-state index contributed by atoms with van der Waals surface area (Å²) in [6.07, 6.45) is 3.36. The van der Waals surface area contributed by atoms with E-state index in [0.29, 0.717) is 0 Å². The van der Waals surface area contributed by atoms with Crippen LogP contribution in [0.4, 0.5) is 11.5 Å². The van der Waals surface area contributed by atoms with Gasteiger partial charge in [-0.1, -0.05) is 0 Å². The molecule has 2 heterocycles. The van der Waals surface area contributed by atoms with Crippen molar-refractivity contribution in [3.8, 4) is 0 Å². The van der Waals surface area contributed by atoms with Gasteiger partial charge in [0.05, 0.1) is 18.7 Å². The molecule has 1 aliphatic rings. The molecule has 0 bridgehead atoms. The van der Waals surface area contributed by atoms with Gasteiger partial charge in [0.1, 0.15) is 0 Å². The maximum absolute atomic E-state index is 11.5. The lowest BCUT2D eigenvalue weighted by Crippen LogP contribution is -2.37. The third kappa shape index (κ3) is 2.39. The molecule has 98 valence electrons. The minimum absolute atomic E-state index is 0.0114. The van der Waals surface area contributed by atoms with E-state index in [1.54, 1.807) is 6.20 Å². The van der Waals surface area contributed by atoms with Gasteiger partial charge in [-0.05, 0) is 31.4 Å². The van der Waals surface area contributed by atoms with Gasteiger partial charge in [-0.25, -0.2) is 4.98 Å². The van der Waals surface area contributed by atoms with Crippen molar-refractivity contribution in [2.45, 2.75) is 19.8 Å². The molecule has 0 saturated carbocycles. The molecule has 1 aromatic rings. The van der Waals surface area contributed by atoms with Crippen LogP contribution in [-0.2, 0) is 9.53 Å². The second kappa shape index (κ2) is 5.25. The lowest BCUT2D eigenvalue weighted by Gasteiger charge is -2.32. The van der Waals surface area contributed by atoms with Crippen LogP contribution in [0.5, 0.6) is 0 Å². The Morgan fingerprint density at radius 2 is 2.17 bits per heavy atom. The van der Waals surface area contributed by atoms with E-state index >= 15 is 0 Å². The Morgan fingerprint density at radius 1 is 1.50 bits per heavy atom. The zero-order valence-electron chi connectivity index (χ0n) is 10.8. The van der Waals surface area contributed by atoms with E-state index in [0.717, 1.165) is 43.0 Å². The smallest absolute Gasteiger partial charge is 0.308 e. The molecule has 0 radical (unpaired) electrons. The SMILES string of the molecule is COC(=O)C1CCN(c2nccc(C)c2N)CC1. The first-order valence-electron chi connectivity index (χ1n) is 6.17. The van der Waals surface area contributed by atoms with Crippen LogP contribution in [0, 0.1) is 12.8 Å². The number of nitrogens with zero attached hydrogens (tertiary/aromatic N) is 2. The molecular weight excluding hydrogens is 230 g/mol. The van der Waals surface area contributed by atoms with Crippen molar-refractivity contribution in [3.05, 3.63) is 17.8 Å². The summed E-state index contributed by atoms with van der Waals surface area (Å²) in [6.45, 7) is 3.56. The van der Waals surface area contributed by atoms with Crippen LogP contribution in [0.25, 0.3) is 0 Å². The Balaban J connectivity index is 2.06. The van der Waals surface area contributed by atoms with E-state index in [9.17, 15) is 4.79 Å². The molecule has 0 amide bonds. The van der Waals surface area contributed by atoms with Crippen molar-refractivity contribution in [1.29, 1.82) is 0 Å². The van der Waals surface area contributed by atoms with Gasteiger partial charge < -0.3 is 15.4 Å². The number of hydrogen-bond acceptors (Lipinski definition) is 5. The number of aromatic nitrogens is 1. The Kier molecular flexibility index (Phi) is 3.69. The fourth-order valence-corrected chi connectivity index (χ4v) is 2.30. The number of nitrogen functional groups attached to an aromatic ring is 1. The predicted octanol–water partition coefficient (Wildman–Crippen LogP) is 1.36. The summed E-state index contributed by atoms with van der Waals surface area (Å²) < 4.78 is 4.78. The third-order valence-corrected chi connectivity index (χ3v) is 3.52. The quantitative estimate of drug-likeness (QED) is 0.801. The molecule has 0 spiro atoms. The molecule has 1 fully saturated rings. The summed E-state index contributed by atoms with van der Waals surface area (Å²) in [7, 11) is 1.44. The van der Waals surface area contributed by atoms with Crippen LogP contribution in [0.3, 0.4) is 0 Å². The zero-order chi connectivity index (χ0) is 13.1. The second-order valence-electron chi connectivity index (χ2n) is 4.65. The molecule has 0 unspecified atom stereocenters. The van der Waals surface area contributed by atoms with Crippen LogP contribution in [-0.4, -0.2) is 31.2 Å². The monoisotopic (exact) mass is 249 g/mol. The Bertz CT molecular complexity index is 440. The Labute approximate surface area is 107 Å². The van der Waals surface area contributed by atoms with Crippen molar-refractivity contribution in [2.24, 2.45) is 5.92 Å².